The van der Waals surface area contributed by atoms with Crippen LogP contribution in [0.2, 0.25) is 0 Å². The van der Waals surface area contributed by atoms with E-state index in [9.17, 15) is 9.18 Å². The molecule has 6 heteroatoms. The van der Waals surface area contributed by atoms with Crippen LogP contribution < -0.4 is 15.4 Å². The molecule has 1 atom stereocenters. The Hall–Kier alpha value is -3.64. The maximum atomic E-state index is 13.7. The quantitative estimate of drug-likeness (QED) is 0.528. The molecule has 0 radical (unpaired) electrons. The Kier molecular flexibility index (Phi) is 6.00. The van der Waals surface area contributed by atoms with Gasteiger partial charge in [-0.25, -0.2) is 9.18 Å². The number of nitrogens with one attached hydrogen (secondary N) is 2. The number of fused-ring (bicyclic) bond motifs is 1. The van der Waals surface area contributed by atoms with Crippen LogP contribution in [0.4, 0.5) is 20.6 Å². The van der Waals surface area contributed by atoms with Crippen molar-refractivity contribution in [3.8, 4) is 5.75 Å². The molecule has 1 unspecified atom stereocenters. The van der Waals surface area contributed by atoms with Gasteiger partial charge in [0.25, 0.3) is 0 Å². The molecule has 0 bridgehead atoms. The average molecular weight is 418 g/mol. The van der Waals surface area contributed by atoms with Crippen LogP contribution in [-0.4, -0.2) is 18.2 Å². The lowest BCUT2D eigenvalue weighted by Crippen LogP contribution is -2.37. The third-order valence-corrected chi connectivity index (χ3v) is 4.85. The van der Waals surface area contributed by atoms with Gasteiger partial charge in [0.2, 0.25) is 0 Å². The van der Waals surface area contributed by atoms with E-state index in [1.54, 1.807) is 30.3 Å². The van der Waals surface area contributed by atoms with E-state index in [0.717, 1.165) is 11.1 Å². The van der Waals surface area contributed by atoms with Gasteiger partial charge in [0.15, 0.2) is 0 Å². The van der Waals surface area contributed by atoms with Crippen molar-refractivity contribution in [2.75, 3.05) is 17.2 Å². The number of rotatable bonds is 6. The van der Waals surface area contributed by atoms with Crippen LogP contribution in [0.15, 0.2) is 78.9 Å². The Bertz CT molecular complexity index is 1100. The van der Waals surface area contributed by atoms with Crippen molar-refractivity contribution in [3.63, 3.8) is 0 Å². The topological polar surface area (TPSA) is 59.6 Å². The summed E-state index contributed by atoms with van der Waals surface area (Å²) in [5, 5.41) is 5.21. The molecular weight excluding hydrogens is 395 g/mol. The van der Waals surface area contributed by atoms with Gasteiger partial charge in [0, 0.05) is 11.3 Å². The van der Waals surface area contributed by atoms with Gasteiger partial charge in [-0.1, -0.05) is 48.5 Å². The lowest BCUT2D eigenvalue weighted by molar-refractivity contribution is 0.00632. The molecule has 2 amide bonds. The van der Waals surface area contributed by atoms with E-state index in [0.29, 0.717) is 24.7 Å². The number of para-hydroxylation sites is 1. The van der Waals surface area contributed by atoms with Crippen LogP contribution in [0.3, 0.4) is 0 Å². The number of carbonyl (C=O) groups is 1. The van der Waals surface area contributed by atoms with Gasteiger partial charge in [-0.2, -0.15) is 0 Å². The van der Waals surface area contributed by atoms with E-state index < -0.39 is 17.4 Å². The van der Waals surface area contributed by atoms with E-state index in [1.165, 1.54) is 12.1 Å². The number of amides is 2. The summed E-state index contributed by atoms with van der Waals surface area (Å²) in [4.78, 5) is 12.2. The molecule has 1 heterocycles. The lowest BCUT2D eigenvalue weighted by atomic mass is 10.0. The van der Waals surface area contributed by atoms with E-state index in [4.69, 9.17) is 9.47 Å². The number of carbonyl (C=O) groups excluding carboxylic acids is 1. The molecule has 0 spiro atoms. The molecule has 0 aromatic heterocycles. The standard InChI is InChI=1S/C25H23FN2O3/c1-25(17-30-16-18-7-3-2-4-8-18)14-13-19-15-20(11-12-23(19)31-25)27-24(29)28-22-10-6-5-9-21(22)26/h2-15H,16-17H2,1H3,(H2,27,28,29). The lowest BCUT2D eigenvalue weighted by Gasteiger charge is -2.31. The minimum atomic E-state index is -0.584. The molecule has 4 rings (SSSR count). The minimum absolute atomic E-state index is 0.118. The van der Waals surface area contributed by atoms with Crippen molar-refractivity contribution in [2.24, 2.45) is 0 Å². The zero-order valence-electron chi connectivity index (χ0n) is 17.1. The molecule has 0 fully saturated rings. The van der Waals surface area contributed by atoms with E-state index in [-0.39, 0.29) is 5.69 Å². The first-order valence-electron chi connectivity index (χ1n) is 9.97. The summed E-state index contributed by atoms with van der Waals surface area (Å²) in [5.41, 5.74) is 2.05. The van der Waals surface area contributed by atoms with Crippen molar-refractivity contribution < 1.29 is 18.7 Å². The first-order valence-corrected chi connectivity index (χ1v) is 9.97. The molecule has 0 saturated carbocycles. The first kappa shape index (κ1) is 20.6. The third kappa shape index (κ3) is 5.29. The molecule has 5 nitrogen and oxygen atoms in total. The Morgan fingerprint density at radius 3 is 2.61 bits per heavy atom. The van der Waals surface area contributed by atoms with Gasteiger partial charge >= 0.3 is 6.03 Å². The van der Waals surface area contributed by atoms with Crippen molar-refractivity contribution in [3.05, 3.63) is 95.8 Å². The van der Waals surface area contributed by atoms with Crippen LogP contribution in [-0.2, 0) is 11.3 Å². The number of urea groups is 1. The molecule has 3 aromatic carbocycles. The highest BCUT2D eigenvalue weighted by molar-refractivity contribution is 6.00. The van der Waals surface area contributed by atoms with Gasteiger partial charge in [-0.05, 0) is 48.9 Å². The minimum Gasteiger partial charge on any atom is -0.480 e. The van der Waals surface area contributed by atoms with Crippen molar-refractivity contribution >= 4 is 23.5 Å². The largest absolute Gasteiger partial charge is 0.480 e. The maximum absolute atomic E-state index is 13.7. The second-order valence-corrected chi connectivity index (χ2v) is 7.54. The highest BCUT2D eigenvalue weighted by atomic mass is 19.1. The number of halogens is 1. The fraction of sp³-hybridized carbons (Fsp3) is 0.160. The fourth-order valence-electron chi connectivity index (χ4n) is 3.27. The third-order valence-electron chi connectivity index (χ3n) is 4.85. The molecule has 0 aliphatic carbocycles. The highest BCUT2D eigenvalue weighted by Gasteiger charge is 2.28. The average Bonchev–Trinajstić information content (AvgIpc) is 2.76. The smallest absolute Gasteiger partial charge is 0.323 e. The summed E-state index contributed by atoms with van der Waals surface area (Å²) >= 11 is 0. The van der Waals surface area contributed by atoms with Gasteiger partial charge < -0.3 is 20.1 Å². The predicted molar refractivity (Wildman–Crippen MR) is 120 cm³/mol. The first-order chi connectivity index (χ1) is 15.0. The molecule has 2 N–H and O–H groups in total. The van der Waals surface area contributed by atoms with Gasteiger partial charge in [0.05, 0.1) is 18.9 Å². The zero-order valence-corrected chi connectivity index (χ0v) is 17.1. The zero-order chi connectivity index (χ0) is 21.7. The number of ether oxygens (including phenoxy) is 2. The Balaban J connectivity index is 1.35. The Morgan fingerprint density at radius 1 is 1.03 bits per heavy atom. The monoisotopic (exact) mass is 418 g/mol. The molecule has 1 aliphatic rings. The van der Waals surface area contributed by atoms with Crippen molar-refractivity contribution in [1.82, 2.24) is 0 Å². The van der Waals surface area contributed by atoms with Gasteiger partial charge in [0.1, 0.15) is 17.2 Å². The van der Waals surface area contributed by atoms with E-state index >= 15 is 0 Å². The van der Waals surface area contributed by atoms with Gasteiger partial charge in [-0.15, -0.1) is 0 Å². The maximum Gasteiger partial charge on any atom is 0.323 e. The summed E-state index contributed by atoms with van der Waals surface area (Å²) < 4.78 is 25.7. The van der Waals surface area contributed by atoms with Crippen LogP contribution in [0, 0.1) is 5.82 Å². The van der Waals surface area contributed by atoms with Crippen LogP contribution in [0.1, 0.15) is 18.1 Å². The van der Waals surface area contributed by atoms with Crippen molar-refractivity contribution in [1.29, 1.82) is 0 Å². The van der Waals surface area contributed by atoms with Crippen LogP contribution >= 0.6 is 0 Å². The molecule has 158 valence electrons. The van der Waals surface area contributed by atoms with E-state index in [1.807, 2.05) is 49.4 Å². The fourth-order valence-corrected chi connectivity index (χ4v) is 3.27. The number of benzene rings is 3. The predicted octanol–water partition coefficient (Wildman–Crippen LogP) is 5.85. The normalized spacial score (nSPS) is 16.8. The van der Waals surface area contributed by atoms with E-state index in [2.05, 4.69) is 10.6 Å². The summed E-state index contributed by atoms with van der Waals surface area (Å²) in [6.07, 6.45) is 3.90. The highest BCUT2D eigenvalue weighted by Crippen LogP contribution is 2.33. The molecule has 31 heavy (non-hydrogen) atoms. The Morgan fingerprint density at radius 2 is 1.81 bits per heavy atom. The number of anilines is 2. The van der Waals surface area contributed by atoms with Crippen LogP contribution in [0.25, 0.3) is 6.08 Å². The summed E-state index contributed by atoms with van der Waals surface area (Å²) in [5.74, 6) is 0.210. The number of hydrogen-bond donors (Lipinski definition) is 2. The molecule has 0 saturated heterocycles. The van der Waals surface area contributed by atoms with Crippen molar-refractivity contribution in [2.45, 2.75) is 19.1 Å². The summed E-state index contributed by atoms with van der Waals surface area (Å²) in [6.45, 7) is 2.88. The second kappa shape index (κ2) is 9.02. The van der Waals surface area contributed by atoms with Crippen LogP contribution in [0.5, 0.6) is 5.75 Å². The SMILES string of the molecule is CC1(COCc2ccccc2)C=Cc2cc(NC(=O)Nc3ccccc3F)ccc2O1. The number of hydrogen-bond acceptors (Lipinski definition) is 3. The molecule has 1 aliphatic heterocycles. The molecule has 3 aromatic rings. The summed E-state index contributed by atoms with van der Waals surface area (Å²) in [6, 6.07) is 20.8. The Labute approximate surface area is 180 Å². The van der Waals surface area contributed by atoms with Gasteiger partial charge in [-0.3, -0.25) is 0 Å². The second-order valence-electron chi connectivity index (χ2n) is 7.54. The molecular formula is C25H23FN2O3. The summed E-state index contributed by atoms with van der Waals surface area (Å²) in [7, 11) is 0.